The van der Waals surface area contributed by atoms with Crippen LogP contribution in [0.1, 0.15) is 90.7 Å². The van der Waals surface area contributed by atoms with E-state index in [1.165, 1.54) is 4.90 Å². The van der Waals surface area contributed by atoms with E-state index in [0.717, 1.165) is 10.9 Å². The molecule has 2 amide bonds. The number of aromatic nitrogens is 2. The van der Waals surface area contributed by atoms with Crippen LogP contribution in [-0.4, -0.2) is 60.6 Å². The number of amides is 2. The van der Waals surface area contributed by atoms with Gasteiger partial charge >= 0.3 is 6.09 Å². The fourth-order valence-electron chi connectivity index (χ4n) is 5.43. The fraction of sp³-hybridized carbons (Fsp3) is 0.654. The maximum absolute atomic E-state index is 13.4. The highest BCUT2D eigenvalue weighted by Gasteiger charge is 2.57. The van der Waals surface area contributed by atoms with Crippen LogP contribution in [0.3, 0.4) is 0 Å². The van der Waals surface area contributed by atoms with E-state index in [2.05, 4.69) is 10.4 Å². The topological polar surface area (TPSA) is 108 Å². The third-order valence-corrected chi connectivity index (χ3v) is 7.72. The van der Waals surface area contributed by atoms with Gasteiger partial charge in [-0.25, -0.2) is 4.79 Å². The Bertz CT molecular complexity index is 1050. The number of nitrogens with zero attached hydrogens (tertiary/aromatic N) is 3. The largest absolute Gasteiger partial charge is 0.465 e. The molecule has 1 saturated heterocycles. The summed E-state index contributed by atoms with van der Waals surface area (Å²) in [6.45, 7) is 14.1. The summed E-state index contributed by atoms with van der Waals surface area (Å²) in [5.41, 5.74) is -1.02. The molecule has 34 heavy (non-hydrogen) atoms. The molecule has 1 aliphatic rings. The lowest BCUT2D eigenvalue weighted by atomic mass is 9.65. The number of para-hydroxylation sites is 1. The zero-order valence-electron chi connectivity index (χ0n) is 21.6. The molecular formula is C26H40N4O4. The van der Waals surface area contributed by atoms with Crippen LogP contribution in [0.25, 0.3) is 10.9 Å². The van der Waals surface area contributed by atoms with E-state index in [-0.39, 0.29) is 24.5 Å². The van der Waals surface area contributed by atoms with Crippen molar-refractivity contribution in [2.45, 2.75) is 97.4 Å². The predicted molar refractivity (Wildman–Crippen MR) is 133 cm³/mol. The van der Waals surface area contributed by atoms with E-state index < -0.39 is 22.6 Å². The number of hydrogen-bond acceptors (Lipinski definition) is 4. The third-order valence-electron chi connectivity index (χ3n) is 7.72. The Hall–Kier alpha value is -2.61. The van der Waals surface area contributed by atoms with Crippen molar-refractivity contribution < 1.29 is 19.8 Å². The van der Waals surface area contributed by atoms with Gasteiger partial charge in [0.1, 0.15) is 0 Å². The highest BCUT2D eigenvalue weighted by atomic mass is 16.4. The molecule has 1 fully saturated rings. The van der Waals surface area contributed by atoms with Crippen LogP contribution in [0.5, 0.6) is 0 Å². The SMILES string of the molecule is CCC(O)(CC)C[C@]1(C(C)(C)C)C[C@H](NC(=O)c2nn(C(C)C)c3ccccc23)CN1C(=O)O. The summed E-state index contributed by atoms with van der Waals surface area (Å²) >= 11 is 0. The number of nitrogens with one attached hydrogen (secondary N) is 1. The first kappa shape index (κ1) is 26.0. The summed E-state index contributed by atoms with van der Waals surface area (Å²) in [5.74, 6) is -0.308. The number of rotatable bonds is 7. The maximum atomic E-state index is 13.4. The maximum Gasteiger partial charge on any atom is 0.407 e. The average Bonchev–Trinajstić information content (AvgIpc) is 3.33. The second-order valence-corrected chi connectivity index (χ2v) is 11.1. The number of benzene rings is 1. The molecule has 3 N–H and O–H groups in total. The smallest absolute Gasteiger partial charge is 0.407 e. The van der Waals surface area contributed by atoms with Crippen LogP contribution >= 0.6 is 0 Å². The van der Waals surface area contributed by atoms with Crippen molar-refractivity contribution in [3.05, 3.63) is 30.0 Å². The number of fused-ring (bicyclic) bond motifs is 1. The zero-order chi connectivity index (χ0) is 25.5. The number of aliphatic hydroxyl groups is 1. The number of likely N-dealkylation sites (tertiary alicyclic amines) is 1. The van der Waals surface area contributed by atoms with Crippen LogP contribution < -0.4 is 5.32 Å². The van der Waals surface area contributed by atoms with E-state index in [0.29, 0.717) is 31.4 Å². The first-order valence-corrected chi connectivity index (χ1v) is 12.3. The van der Waals surface area contributed by atoms with Crippen LogP contribution in [0.2, 0.25) is 0 Å². The summed E-state index contributed by atoms with van der Waals surface area (Å²) in [6, 6.07) is 7.34. The Morgan fingerprint density at radius 2 is 1.82 bits per heavy atom. The van der Waals surface area contributed by atoms with Gasteiger partial charge in [0.05, 0.1) is 16.7 Å². The monoisotopic (exact) mass is 472 g/mol. The summed E-state index contributed by atoms with van der Waals surface area (Å²) in [5, 5.41) is 29.8. The van der Waals surface area contributed by atoms with Gasteiger partial charge in [-0.1, -0.05) is 52.8 Å². The van der Waals surface area contributed by atoms with Gasteiger partial charge in [0, 0.05) is 30.4 Å². The lowest BCUT2D eigenvalue weighted by molar-refractivity contribution is -0.0623. The standard InChI is InChI=1S/C26H40N4O4/c1-8-25(34,9-2)16-26(24(5,6)7)14-18(15-29(26)23(32)33)27-22(31)21-19-12-10-11-13-20(19)30(28-21)17(3)4/h10-13,17-18,34H,8-9,14-16H2,1-7H3,(H,27,31)(H,32,33)/t18-,26-/m0/s1. The second-order valence-electron chi connectivity index (χ2n) is 11.1. The number of hydrogen-bond donors (Lipinski definition) is 3. The lowest BCUT2D eigenvalue weighted by Crippen LogP contribution is -2.58. The van der Waals surface area contributed by atoms with Gasteiger partial charge in [0.25, 0.3) is 5.91 Å². The number of carbonyl (C=O) groups excluding carboxylic acids is 1. The molecule has 0 radical (unpaired) electrons. The first-order valence-electron chi connectivity index (χ1n) is 12.3. The van der Waals surface area contributed by atoms with Gasteiger partial charge in [-0.2, -0.15) is 5.10 Å². The second kappa shape index (κ2) is 9.21. The third kappa shape index (κ3) is 4.52. The fourth-order valence-corrected chi connectivity index (χ4v) is 5.43. The highest BCUT2D eigenvalue weighted by Crippen LogP contribution is 2.49. The van der Waals surface area contributed by atoms with Crippen molar-refractivity contribution in [2.24, 2.45) is 5.41 Å². The molecule has 0 bridgehead atoms. The Labute approximate surface area is 202 Å². The van der Waals surface area contributed by atoms with Crippen LogP contribution in [0, 0.1) is 5.41 Å². The Morgan fingerprint density at radius 1 is 1.21 bits per heavy atom. The van der Waals surface area contributed by atoms with Crippen LogP contribution in [0.4, 0.5) is 4.79 Å². The average molecular weight is 473 g/mol. The quantitative estimate of drug-likeness (QED) is 0.535. The molecule has 0 spiro atoms. The molecule has 0 aliphatic carbocycles. The van der Waals surface area contributed by atoms with Gasteiger partial charge in [-0.3, -0.25) is 14.4 Å². The molecule has 0 unspecified atom stereocenters. The molecule has 8 heteroatoms. The van der Waals surface area contributed by atoms with E-state index >= 15 is 0 Å². The number of carboxylic acid groups (broad SMARTS) is 1. The Kier molecular flexibility index (Phi) is 7.04. The first-order chi connectivity index (χ1) is 15.8. The molecule has 1 aromatic heterocycles. The Morgan fingerprint density at radius 3 is 2.35 bits per heavy atom. The van der Waals surface area contributed by atoms with Crippen molar-refractivity contribution >= 4 is 22.9 Å². The summed E-state index contributed by atoms with van der Waals surface area (Å²) < 4.78 is 1.84. The Balaban J connectivity index is 1.96. The number of carbonyl (C=O) groups is 2. The molecular weight excluding hydrogens is 432 g/mol. The molecule has 3 rings (SSSR count). The summed E-state index contributed by atoms with van der Waals surface area (Å²) in [6.07, 6.45) is 0.782. The molecule has 1 aromatic carbocycles. The van der Waals surface area contributed by atoms with E-state index in [9.17, 15) is 19.8 Å². The van der Waals surface area contributed by atoms with E-state index in [1.807, 2.05) is 77.4 Å². The van der Waals surface area contributed by atoms with E-state index in [4.69, 9.17) is 0 Å². The van der Waals surface area contributed by atoms with Crippen LogP contribution in [0.15, 0.2) is 24.3 Å². The van der Waals surface area contributed by atoms with Crippen LogP contribution in [-0.2, 0) is 0 Å². The molecule has 0 saturated carbocycles. The van der Waals surface area contributed by atoms with Gasteiger partial charge < -0.3 is 15.5 Å². The van der Waals surface area contributed by atoms with Gasteiger partial charge in [-0.15, -0.1) is 0 Å². The molecule has 8 nitrogen and oxygen atoms in total. The van der Waals surface area contributed by atoms with Crippen molar-refractivity contribution in [3.63, 3.8) is 0 Å². The minimum atomic E-state index is -1.03. The summed E-state index contributed by atoms with van der Waals surface area (Å²) in [7, 11) is 0. The van der Waals surface area contributed by atoms with Crippen molar-refractivity contribution in [1.82, 2.24) is 20.0 Å². The minimum Gasteiger partial charge on any atom is -0.465 e. The summed E-state index contributed by atoms with van der Waals surface area (Å²) in [4.78, 5) is 27.2. The van der Waals surface area contributed by atoms with Gasteiger partial charge in [0.2, 0.25) is 0 Å². The van der Waals surface area contributed by atoms with Crippen molar-refractivity contribution in [1.29, 1.82) is 0 Å². The normalized spacial score (nSPS) is 21.4. The van der Waals surface area contributed by atoms with Gasteiger partial charge in [0.15, 0.2) is 5.69 Å². The predicted octanol–water partition coefficient (Wildman–Crippen LogP) is 4.83. The molecule has 2 atom stereocenters. The zero-order valence-corrected chi connectivity index (χ0v) is 21.6. The molecule has 1 aliphatic heterocycles. The lowest BCUT2D eigenvalue weighted by Gasteiger charge is -2.50. The van der Waals surface area contributed by atoms with E-state index in [1.54, 1.807) is 0 Å². The molecule has 2 heterocycles. The van der Waals surface area contributed by atoms with Gasteiger partial charge in [-0.05, 0) is 44.6 Å². The highest BCUT2D eigenvalue weighted by molar-refractivity contribution is 6.05. The minimum absolute atomic E-state index is 0.0923. The molecule has 2 aromatic rings. The van der Waals surface area contributed by atoms with Crippen molar-refractivity contribution in [2.75, 3.05) is 6.54 Å². The molecule has 188 valence electrons. The van der Waals surface area contributed by atoms with Crippen molar-refractivity contribution in [3.8, 4) is 0 Å².